The molecular formula is C15H20N4O2S. The van der Waals surface area contributed by atoms with Gasteiger partial charge in [0.05, 0.1) is 23.4 Å². The van der Waals surface area contributed by atoms with Gasteiger partial charge in [-0.2, -0.15) is 0 Å². The fourth-order valence-corrected chi connectivity index (χ4v) is 4.07. The Morgan fingerprint density at radius 2 is 2.41 bits per heavy atom. The van der Waals surface area contributed by atoms with Crippen LogP contribution in [0.4, 0.5) is 11.4 Å². The number of carbonyl (C=O) groups excluding carboxylic acids is 1. The van der Waals surface area contributed by atoms with Gasteiger partial charge in [-0.05, 0) is 24.8 Å². The van der Waals surface area contributed by atoms with E-state index in [-0.39, 0.29) is 0 Å². The zero-order valence-electron chi connectivity index (χ0n) is 12.5. The molecule has 3 rings (SSSR count). The van der Waals surface area contributed by atoms with E-state index in [0.29, 0.717) is 16.5 Å². The van der Waals surface area contributed by atoms with Gasteiger partial charge < -0.3 is 21.1 Å². The summed E-state index contributed by atoms with van der Waals surface area (Å²) in [6.45, 7) is 2.66. The smallest absolute Gasteiger partial charge is 0.260 e. The number of fused-ring (bicyclic) bond motifs is 1. The molecule has 0 bridgehead atoms. The summed E-state index contributed by atoms with van der Waals surface area (Å²) in [5, 5.41) is 0.847. The first-order valence-corrected chi connectivity index (χ1v) is 8.14. The molecule has 3 heterocycles. The quantitative estimate of drug-likeness (QED) is 0.896. The molecular weight excluding hydrogens is 300 g/mol. The molecule has 1 fully saturated rings. The van der Waals surface area contributed by atoms with E-state index >= 15 is 0 Å². The standard InChI is InChI=1S/C15H20N4O2S/c1-21-8-9-3-2-6-19(7-9)10-4-5-18-15-11(10)12(16)13(22-15)14(17)20/h4-5,9H,2-3,6-8,16H2,1H3,(H2,17,20)/t9-/m1/s1. The molecule has 1 amide bonds. The van der Waals surface area contributed by atoms with Crippen molar-refractivity contribution >= 4 is 38.8 Å². The Bertz CT molecular complexity index is 698. The molecule has 0 saturated carbocycles. The lowest BCUT2D eigenvalue weighted by molar-refractivity contribution is 0.100. The van der Waals surface area contributed by atoms with Gasteiger partial charge in [0.1, 0.15) is 9.71 Å². The van der Waals surface area contributed by atoms with Crippen LogP contribution in [0.3, 0.4) is 0 Å². The van der Waals surface area contributed by atoms with Crippen molar-refractivity contribution in [2.45, 2.75) is 12.8 Å². The highest BCUT2D eigenvalue weighted by atomic mass is 32.1. The van der Waals surface area contributed by atoms with Crippen LogP contribution < -0.4 is 16.4 Å². The van der Waals surface area contributed by atoms with Gasteiger partial charge in [-0.25, -0.2) is 4.98 Å². The number of hydrogen-bond acceptors (Lipinski definition) is 6. The van der Waals surface area contributed by atoms with Crippen LogP contribution in [0.15, 0.2) is 12.3 Å². The third kappa shape index (κ3) is 2.62. The summed E-state index contributed by atoms with van der Waals surface area (Å²) in [6.07, 6.45) is 4.05. The van der Waals surface area contributed by atoms with E-state index in [0.717, 1.165) is 42.0 Å². The van der Waals surface area contributed by atoms with Crippen molar-refractivity contribution in [3.05, 3.63) is 17.1 Å². The summed E-state index contributed by atoms with van der Waals surface area (Å²) in [5.41, 5.74) is 13.0. The number of primary amides is 1. The molecule has 0 unspecified atom stereocenters. The first-order valence-electron chi connectivity index (χ1n) is 7.32. The number of pyridine rings is 1. The minimum atomic E-state index is -0.498. The Morgan fingerprint density at radius 3 is 3.14 bits per heavy atom. The molecule has 4 N–H and O–H groups in total. The van der Waals surface area contributed by atoms with Crippen molar-refractivity contribution in [1.82, 2.24) is 4.98 Å². The predicted molar refractivity (Wildman–Crippen MR) is 89.4 cm³/mol. The van der Waals surface area contributed by atoms with Gasteiger partial charge in [0.25, 0.3) is 5.91 Å². The van der Waals surface area contributed by atoms with Crippen molar-refractivity contribution in [3.63, 3.8) is 0 Å². The van der Waals surface area contributed by atoms with E-state index in [1.165, 1.54) is 17.8 Å². The maximum absolute atomic E-state index is 11.5. The number of methoxy groups -OCH3 is 1. The largest absolute Gasteiger partial charge is 0.397 e. The number of hydrogen-bond donors (Lipinski definition) is 2. The Labute approximate surface area is 133 Å². The highest BCUT2D eigenvalue weighted by molar-refractivity contribution is 7.21. The maximum Gasteiger partial charge on any atom is 0.260 e. The number of piperidine rings is 1. The number of nitrogens with zero attached hydrogens (tertiary/aromatic N) is 2. The van der Waals surface area contributed by atoms with E-state index in [9.17, 15) is 4.79 Å². The number of nitrogens with two attached hydrogens (primary N) is 2. The predicted octanol–water partition coefficient (Wildman–Crippen LogP) is 1.84. The van der Waals surface area contributed by atoms with Crippen LogP contribution in [-0.2, 0) is 4.74 Å². The minimum absolute atomic E-state index is 0.389. The van der Waals surface area contributed by atoms with Crippen molar-refractivity contribution in [1.29, 1.82) is 0 Å². The number of aromatic nitrogens is 1. The highest BCUT2D eigenvalue weighted by Gasteiger charge is 2.24. The zero-order valence-corrected chi connectivity index (χ0v) is 13.4. The molecule has 1 saturated heterocycles. The van der Waals surface area contributed by atoms with Gasteiger partial charge in [0, 0.05) is 26.4 Å². The van der Waals surface area contributed by atoms with Gasteiger partial charge in [0.2, 0.25) is 0 Å². The van der Waals surface area contributed by atoms with Crippen LogP contribution in [0, 0.1) is 5.92 Å². The lowest BCUT2D eigenvalue weighted by Crippen LogP contribution is -2.37. The van der Waals surface area contributed by atoms with E-state index in [1.807, 2.05) is 6.07 Å². The summed E-state index contributed by atoms with van der Waals surface area (Å²) in [6, 6.07) is 1.96. The number of nitrogen functional groups attached to an aromatic ring is 1. The number of thiophene rings is 1. The number of rotatable bonds is 4. The fourth-order valence-electron chi connectivity index (χ4n) is 3.13. The SMILES string of the molecule is COC[C@@H]1CCCN(c2ccnc3sc(C(N)=O)c(N)c23)C1. The molecule has 6 nitrogen and oxygen atoms in total. The van der Waals surface area contributed by atoms with Crippen molar-refractivity contribution in [2.75, 3.05) is 37.4 Å². The number of anilines is 2. The second-order valence-electron chi connectivity index (χ2n) is 5.63. The Balaban J connectivity index is 2.01. The molecule has 7 heteroatoms. The average molecular weight is 320 g/mol. The summed E-state index contributed by atoms with van der Waals surface area (Å²) in [7, 11) is 1.74. The van der Waals surface area contributed by atoms with Crippen molar-refractivity contribution in [3.8, 4) is 0 Å². The number of ether oxygens (including phenoxy) is 1. The van der Waals surface area contributed by atoms with Gasteiger partial charge in [0.15, 0.2) is 0 Å². The van der Waals surface area contributed by atoms with Crippen LogP contribution in [0.5, 0.6) is 0 Å². The third-order valence-corrected chi connectivity index (χ3v) is 5.22. The van der Waals surface area contributed by atoms with Crippen LogP contribution in [0.1, 0.15) is 22.5 Å². The molecule has 1 atom stereocenters. The topological polar surface area (TPSA) is 94.5 Å². The Morgan fingerprint density at radius 1 is 1.59 bits per heavy atom. The van der Waals surface area contributed by atoms with E-state index < -0.39 is 5.91 Å². The second kappa shape index (κ2) is 6.10. The lowest BCUT2D eigenvalue weighted by atomic mass is 9.98. The lowest BCUT2D eigenvalue weighted by Gasteiger charge is -2.34. The second-order valence-corrected chi connectivity index (χ2v) is 6.63. The Kier molecular flexibility index (Phi) is 4.17. The number of amides is 1. The molecule has 1 aliphatic rings. The van der Waals surface area contributed by atoms with Gasteiger partial charge in [-0.1, -0.05) is 0 Å². The van der Waals surface area contributed by atoms with Crippen LogP contribution in [0.25, 0.3) is 10.2 Å². The normalized spacial score (nSPS) is 18.8. The first kappa shape index (κ1) is 15.1. The molecule has 0 aromatic carbocycles. The summed E-state index contributed by atoms with van der Waals surface area (Å²) in [5.74, 6) is 0.0137. The highest BCUT2D eigenvalue weighted by Crippen LogP contribution is 2.39. The monoisotopic (exact) mass is 320 g/mol. The molecule has 0 radical (unpaired) electrons. The molecule has 0 aliphatic carbocycles. The van der Waals surface area contributed by atoms with Crippen LogP contribution in [-0.4, -0.2) is 37.7 Å². The van der Waals surface area contributed by atoms with Gasteiger partial charge in [-0.3, -0.25) is 4.79 Å². The summed E-state index contributed by atoms with van der Waals surface area (Å²) in [4.78, 5) is 19.3. The molecule has 0 spiro atoms. The van der Waals surface area contributed by atoms with E-state index in [2.05, 4.69) is 9.88 Å². The summed E-state index contributed by atoms with van der Waals surface area (Å²) >= 11 is 1.26. The van der Waals surface area contributed by atoms with Crippen LogP contribution in [0.2, 0.25) is 0 Å². The Hall–Kier alpha value is -1.86. The fraction of sp³-hybridized carbons (Fsp3) is 0.467. The minimum Gasteiger partial charge on any atom is -0.397 e. The first-order chi connectivity index (χ1) is 10.6. The zero-order chi connectivity index (χ0) is 15.7. The molecule has 22 heavy (non-hydrogen) atoms. The summed E-state index contributed by atoms with van der Waals surface area (Å²) < 4.78 is 5.29. The van der Waals surface area contributed by atoms with Crippen molar-refractivity contribution < 1.29 is 9.53 Å². The van der Waals surface area contributed by atoms with Crippen LogP contribution >= 0.6 is 11.3 Å². The third-order valence-electron chi connectivity index (χ3n) is 4.09. The van der Waals surface area contributed by atoms with E-state index in [1.54, 1.807) is 13.3 Å². The maximum atomic E-state index is 11.5. The molecule has 2 aromatic rings. The average Bonchev–Trinajstić information content (AvgIpc) is 2.85. The molecule has 2 aromatic heterocycles. The van der Waals surface area contributed by atoms with Gasteiger partial charge >= 0.3 is 0 Å². The number of carbonyl (C=O) groups is 1. The molecule has 1 aliphatic heterocycles. The molecule has 118 valence electrons. The van der Waals surface area contributed by atoms with Gasteiger partial charge in [-0.15, -0.1) is 11.3 Å². The van der Waals surface area contributed by atoms with Crippen molar-refractivity contribution in [2.24, 2.45) is 11.7 Å². The van der Waals surface area contributed by atoms with E-state index in [4.69, 9.17) is 16.2 Å².